The molecule has 1 aromatic heterocycles. The van der Waals surface area contributed by atoms with E-state index in [1.54, 1.807) is 10.6 Å². The second kappa shape index (κ2) is 6.17. The smallest absolute Gasteiger partial charge is 0.420 e. The number of aromatic hydroxyl groups is 1. The highest BCUT2D eigenvalue weighted by molar-refractivity contribution is 5.72. The summed E-state index contributed by atoms with van der Waals surface area (Å²) >= 11 is 0. The molecule has 1 atom stereocenters. The third kappa shape index (κ3) is 2.71. The zero-order valence-electron chi connectivity index (χ0n) is 13.4. The molecule has 0 bridgehead atoms. The van der Waals surface area contributed by atoms with Crippen LogP contribution in [0.2, 0.25) is 0 Å². The zero-order chi connectivity index (χ0) is 16.5. The summed E-state index contributed by atoms with van der Waals surface area (Å²) in [4.78, 5) is 14.6. The van der Waals surface area contributed by atoms with Gasteiger partial charge in [-0.3, -0.25) is 9.47 Å². The van der Waals surface area contributed by atoms with E-state index in [2.05, 4.69) is 4.90 Å². The van der Waals surface area contributed by atoms with Gasteiger partial charge in [0.1, 0.15) is 5.75 Å². The van der Waals surface area contributed by atoms with Gasteiger partial charge in [0.15, 0.2) is 5.58 Å². The molecule has 1 unspecified atom stereocenters. The fourth-order valence-electron chi connectivity index (χ4n) is 3.60. The Bertz CT molecular complexity index is 912. The number of oxazole rings is 1. The van der Waals surface area contributed by atoms with Gasteiger partial charge in [0.25, 0.3) is 0 Å². The highest BCUT2D eigenvalue weighted by Gasteiger charge is 2.25. The third-order valence-electron chi connectivity index (χ3n) is 4.75. The van der Waals surface area contributed by atoms with Crippen LogP contribution in [-0.2, 0) is 6.54 Å². The predicted octanol–water partition coefficient (Wildman–Crippen LogP) is 3.14. The van der Waals surface area contributed by atoms with Gasteiger partial charge in [-0.05, 0) is 37.6 Å². The number of hydrogen-bond donors (Lipinski definition) is 1. The van der Waals surface area contributed by atoms with E-state index in [0.717, 1.165) is 37.0 Å². The lowest BCUT2D eigenvalue weighted by Crippen LogP contribution is -2.38. The highest BCUT2D eigenvalue weighted by Crippen LogP contribution is 2.27. The monoisotopic (exact) mass is 324 g/mol. The van der Waals surface area contributed by atoms with E-state index in [9.17, 15) is 9.90 Å². The van der Waals surface area contributed by atoms with Gasteiger partial charge in [0.05, 0.1) is 11.6 Å². The van der Waals surface area contributed by atoms with Crippen LogP contribution in [-0.4, -0.2) is 27.7 Å². The van der Waals surface area contributed by atoms with Gasteiger partial charge in [-0.1, -0.05) is 30.3 Å². The fraction of sp³-hybridized carbons (Fsp3) is 0.316. The Balaban J connectivity index is 1.60. The van der Waals surface area contributed by atoms with Crippen molar-refractivity contribution in [3.8, 4) is 5.75 Å². The first-order chi connectivity index (χ1) is 11.7. The minimum atomic E-state index is -0.286. The quantitative estimate of drug-likeness (QED) is 0.804. The molecule has 124 valence electrons. The molecule has 0 radical (unpaired) electrons. The van der Waals surface area contributed by atoms with Crippen LogP contribution in [0.25, 0.3) is 11.1 Å². The van der Waals surface area contributed by atoms with Crippen LogP contribution in [0.3, 0.4) is 0 Å². The molecule has 3 aromatic rings. The molecule has 1 aliphatic rings. The second-order valence-electron chi connectivity index (χ2n) is 6.37. The maximum absolute atomic E-state index is 12.3. The van der Waals surface area contributed by atoms with Crippen molar-refractivity contribution in [2.45, 2.75) is 25.4 Å². The number of benzene rings is 2. The number of fused-ring (bicyclic) bond motifs is 1. The summed E-state index contributed by atoms with van der Waals surface area (Å²) in [7, 11) is 0. The van der Waals surface area contributed by atoms with Crippen molar-refractivity contribution >= 4 is 11.1 Å². The second-order valence-corrected chi connectivity index (χ2v) is 6.37. The normalized spacial score (nSPS) is 18.9. The van der Waals surface area contributed by atoms with Gasteiger partial charge in [-0.25, -0.2) is 4.79 Å². The fourth-order valence-corrected chi connectivity index (χ4v) is 3.60. The first kappa shape index (κ1) is 15.0. The Labute approximate surface area is 139 Å². The van der Waals surface area contributed by atoms with Crippen molar-refractivity contribution in [3.63, 3.8) is 0 Å². The Kier molecular flexibility index (Phi) is 3.86. The van der Waals surface area contributed by atoms with E-state index >= 15 is 0 Å². The highest BCUT2D eigenvalue weighted by atomic mass is 16.4. The number of likely N-dealkylation sites (tertiary alicyclic amines) is 1. The molecule has 2 heterocycles. The number of para-hydroxylation sites is 3. The topological polar surface area (TPSA) is 58.6 Å². The number of piperidine rings is 1. The van der Waals surface area contributed by atoms with Crippen LogP contribution in [0.15, 0.2) is 57.7 Å². The Morgan fingerprint density at radius 2 is 1.92 bits per heavy atom. The van der Waals surface area contributed by atoms with Gasteiger partial charge in [-0.15, -0.1) is 0 Å². The first-order valence-corrected chi connectivity index (χ1v) is 8.31. The van der Waals surface area contributed by atoms with Crippen molar-refractivity contribution in [1.29, 1.82) is 0 Å². The Hall–Kier alpha value is -2.53. The van der Waals surface area contributed by atoms with Crippen molar-refractivity contribution in [1.82, 2.24) is 9.47 Å². The molecule has 0 aliphatic carbocycles. The maximum Gasteiger partial charge on any atom is 0.420 e. The van der Waals surface area contributed by atoms with Gasteiger partial charge < -0.3 is 9.52 Å². The predicted molar refractivity (Wildman–Crippen MR) is 92.1 cm³/mol. The number of nitrogens with zero attached hydrogens (tertiary/aromatic N) is 2. The lowest BCUT2D eigenvalue weighted by atomic mass is 10.0. The van der Waals surface area contributed by atoms with E-state index in [1.165, 1.54) is 0 Å². The summed E-state index contributed by atoms with van der Waals surface area (Å²) in [5.74, 6) is 0.0381. The number of aromatic nitrogens is 1. The van der Waals surface area contributed by atoms with Gasteiger partial charge in [0.2, 0.25) is 0 Å². The van der Waals surface area contributed by atoms with E-state index < -0.39 is 0 Å². The molecule has 0 saturated carbocycles. The van der Waals surface area contributed by atoms with Crippen molar-refractivity contribution < 1.29 is 9.52 Å². The lowest BCUT2D eigenvalue weighted by molar-refractivity contribution is 0.166. The van der Waals surface area contributed by atoms with Crippen LogP contribution in [0.1, 0.15) is 24.4 Å². The number of rotatable bonds is 3. The maximum atomic E-state index is 12.3. The summed E-state index contributed by atoms with van der Waals surface area (Å²) in [6.07, 6.45) is 1.98. The van der Waals surface area contributed by atoms with Crippen LogP contribution < -0.4 is 5.76 Å². The molecule has 5 heteroatoms. The molecule has 2 aromatic carbocycles. The Morgan fingerprint density at radius 3 is 2.79 bits per heavy atom. The van der Waals surface area contributed by atoms with E-state index in [1.807, 2.05) is 42.5 Å². The van der Waals surface area contributed by atoms with Crippen LogP contribution in [0.4, 0.5) is 0 Å². The van der Waals surface area contributed by atoms with Crippen LogP contribution >= 0.6 is 0 Å². The number of phenols is 1. The third-order valence-corrected chi connectivity index (χ3v) is 4.75. The van der Waals surface area contributed by atoms with E-state index in [4.69, 9.17) is 4.42 Å². The average Bonchev–Trinajstić information content (AvgIpc) is 2.93. The molecule has 1 N–H and O–H groups in total. The summed E-state index contributed by atoms with van der Waals surface area (Å²) in [6.45, 7) is 2.43. The number of phenolic OH excluding ortho intramolecular Hbond substituents is 1. The molecule has 1 saturated heterocycles. The summed E-state index contributed by atoms with van der Waals surface area (Å²) in [5.41, 5.74) is 2.42. The van der Waals surface area contributed by atoms with E-state index in [-0.39, 0.29) is 11.8 Å². The van der Waals surface area contributed by atoms with Crippen molar-refractivity contribution in [2.24, 2.45) is 0 Å². The van der Waals surface area contributed by atoms with Gasteiger partial charge >= 0.3 is 5.76 Å². The molecule has 4 rings (SSSR count). The number of hydrogen-bond acceptors (Lipinski definition) is 4. The minimum Gasteiger partial charge on any atom is -0.508 e. The molecule has 1 aliphatic heterocycles. The molecule has 24 heavy (non-hydrogen) atoms. The van der Waals surface area contributed by atoms with Crippen molar-refractivity contribution in [3.05, 3.63) is 64.6 Å². The van der Waals surface area contributed by atoms with Gasteiger partial charge in [0, 0.05) is 18.7 Å². The lowest BCUT2D eigenvalue weighted by Gasteiger charge is -2.33. The first-order valence-electron chi connectivity index (χ1n) is 8.31. The molecular weight excluding hydrogens is 304 g/mol. The average molecular weight is 324 g/mol. The SMILES string of the molecule is O=c1oc2ccccc2n1C1CCCN(Cc2ccccc2O)C1. The minimum absolute atomic E-state index is 0.0979. The molecule has 0 spiro atoms. The van der Waals surface area contributed by atoms with Crippen LogP contribution in [0.5, 0.6) is 5.75 Å². The van der Waals surface area contributed by atoms with Crippen LogP contribution in [0, 0.1) is 0 Å². The molecule has 5 nitrogen and oxygen atoms in total. The van der Waals surface area contributed by atoms with Gasteiger partial charge in [-0.2, -0.15) is 0 Å². The molecule has 0 amide bonds. The Morgan fingerprint density at radius 1 is 1.12 bits per heavy atom. The standard InChI is InChI=1S/C19H20N2O3/c22-17-9-3-1-6-14(17)12-20-11-5-7-15(13-20)21-16-8-2-4-10-18(16)24-19(21)23/h1-4,6,8-10,15,22H,5,7,11-13H2. The zero-order valence-corrected chi connectivity index (χ0v) is 13.4. The van der Waals surface area contributed by atoms with E-state index in [0.29, 0.717) is 17.9 Å². The largest absolute Gasteiger partial charge is 0.508 e. The van der Waals surface area contributed by atoms with Crippen molar-refractivity contribution in [2.75, 3.05) is 13.1 Å². The molecule has 1 fully saturated rings. The summed E-state index contributed by atoms with van der Waals surface area (Å²) < 4.78 is 7.16. The summed E-state index contributed by atoms with van der Waals surface area (Å²) in [5, 5.41) is 9.98. The molecular formula is C19H20N2O3. The summed E-state index contributed by atoms with van der Waals surface area (Å²) in [6, 6.07) is 15.1.